The summed E-state index contributed by atoms with van der Waals surface area (Å²) < 4.78 is 10.3. The maximum atomic E-state index is 12.4. The monoisotopic (exact) mass is 299 g/mol. The van der Waals surface area contributed by atoms with Crippen molar-refractivity contribution in [3.8, 4) is 0 Å². The lowest BCUT2D eigenvalue weighted by Gasteiger charge is -2.48. The summed E-state index contributed by atoms with van der Waals surface area (Å²) in [6.45, 7) is 3.27. The van der Waals surface area contributed by atoms with Gasteiger partial charge in [-0.2, -0.15) is 0 Å². The maximum absolute atomic E-state index is 12.4. The van der Waals surface area contributed by atoms with E-state index in [9.17, 15) is 9.59 Å². The van der Waals surface area contributed by atoms with Gasteiger partial charge in [0, 0.05) is 12.5 Å². The van der Waals surface area contributed by atoms with E-state index >= 15 is 0 Å². The average molecular weight is 299 g/mol. The van der Waals surface area contributed by atoms with Crippen molar-refractivity contribution in [3.05, 3.63) is 60.1 Å². The molecule has 0 spiro atoms. The Labute approximate surface area is 128 Å². The van der Waals surface area contributed by atoms with E-state index in [1.165, 1.54) is 6.92 Å². The van der Waals surface area contributed by atoms with Crippen LogP contribution < -0.4 is 0 Å². The van der Waals surface area contributed by atoms with Crippen molar-refractivity contribution in [1.29, 1.82) is 0 Å². The van der Waals surface area contributed by atoms with Gasteiger partial charge < -0.3 is 14.1 Å². The van der Waals surface area contributed by atoms with Crippen LogP contribution in [0.1, 0.15) is 37.1 Å². The SMILES string of the molecule is CC(=O)OC1C(=O)N(C(C)c2ccccc2)C1c1ccoc1. The molecule has 2 heterocycles. The van der Waals surface area contributed by atoms with Crippen LogP contribution in [0.15, 0.2) is 53.3 Å². The highest BCUT2D eigenvalue weighted by Gasteiger charge is 2.53. The third-order valence-corrected chi connectivity index (χ3v) is 3.96. The number of carbonyl (C=O) groups excluding carboxylic acids is 2. The minimum Gasteiger partial charge on any atom is -0.472 e. The topological polar surface area (TPSA) is 59.8 Å². The van der Waals surface area contributed by atoms with Gasteiger partial charge in [-0.1, -0.05) is 30.3 Å². The van der Waals surface area contributed by atoms with Crippen molar-refractivity contribution >= 4 is 11.9 Å². The number of benzene rings is 1. The smallest absolute Gasteiger partial charge is 0.303 e. The summed E-state index contributed by atoms with van der Waals surface area (Å²) in [6.07, 6.45) is 2.35. The molecule has 3 atom stereocenters. The summed E-state index contributed by atoms with van der Waals surface area (Å²) in [5.74, 6) is -0.642. The highest BCUT2D eigenvalue weighted by Crippen LogP contribution is 2.43. The van der Waals surface area contributed by atoms with Crippen molar-refractivity contribution < 1.29 is 18.7 Å². The normalized spacial score (nSPS) is 22.1. The molecule has 0 N–H and O–H groups in total. The number of β-lactam (4-membered cyclic amide) rings is 1. The van der Waals surface area contributed by atoms with E-state index in [2.05, 4.69) is 0 Å². The molecule has 3 rings (SSSR count). The van der Waals surface area contributed by atoms with Crippen molar-refractivity contribution in [2.45, 2.75) is 32.0 Å². The minimum absolute atomic E-state index is 0.111. The predicted molar refractivity (Wildman–Crippen MR) is 78.7 cm³/mol. The Kier molecular flexibility index (Phi) is 3.71. The van der Waals surface area contributed by atoms with E-state index < -0.39 is 12.1 Å². The second-order valence-corrected chi connectivity index (χ2v) is 5.36. The van der Waals surface area contributed by atoms with E-state index in [1.807, 2.05) is 37.3 Å². The standard InChI is InChI=1S/C17H17NO4/c1-11(13-6-4-3-5-7-13)18-15(14-8-9-21-10-14)16(17(18)20)22-12(2)19/h3-11,15-16H,1-2H3. The fraction of sp³-hybridized carbons (Fsp3) is 0.294. The Balaban J connectivity index is 1.89. The molecule has 114 valence electrons. The number of nitrogens with zero attached hydrogens (tertiary/aromatic N) is 1. The van der Waals surface area contributed by atoms with E-state index in [1.54, 1.807) is 23.5 Å². The highest BCUT2D eigenvalue weighted by atomic mass is 16.6. The van der Waals surface area contributed by atoms with Gasteiger partial charge in [0.2, 0.25) is 6.10 Å². The van der Waals surface area contributed by atoms with E-state index in [0.717, 1.165) is 11.1 Å². The first-order valence-corrected chi connectivity index (χ1v) is 7.16. The van der Waals surface area contributed by atoms with Gasteiger partial charge in [-0.25, -0.2) is 0 Å². The van der Waals surface area contributed by atoms with Crippen LogP contribution in [-0.4, -0.2) is 22.9 Å². The molecule has 5 nitrogen and oxygen atoms in total. The largest absolute Gasteiger partial charge is 0.472 e. The number of hydrogen-bond acceptors (Lipinski definition) is 4. The first kappa shape index (κ1) is 14.4. The minimum atomic E-state index is -0.777. The van der Waals surface area contributed by atoms with Crippen LogP contribution in [0.25, 0.3) is 0 Å². The molecule has 1 amide bonds. The van der Waals surface area contributed by atoms with Gasteiger partial charge in [0.15, 0.2) is 0 Å². The Morgan fingerprint density at radius 2 is 2.00 bits per heavy atom. The van der Waals surface area contributed by atoms with Crippen LogP contribution in [0.3, 0.4) is 0 Å². The number of carbonyl (C=O) groups is 2. The second-order valence-electron chi connectivity index (χ2n) is 5.36. The highest BCUT2D eigenvalue weighted by molar-refractivity contribution is 5.91. The van der Waals surface area contributed by atoms with Crippen molar-refractivity contribution in [3.63, 3.8) is 0 Å². The Morgan fingerprint density at radius 1 is 1.27 bits per heavy atom. The van der Waals surface area contributed by atoms with E-state index in [4.69, 9.17) is 9.15 Å². The lowest BCUT2D eigenvalue weighted by Crippen LogP contribution is -2.60. The summed E-state index contributed by atoms with van der Waals surface area (Å²) in [4.78, 5) is 25.4. The number of likely N-dealkylation sites (tertiary alicyclic amines) is 1. The zero-order valence-electron chi connectivity index (χ0n) is 12.4. The predicted octanol–water partition coefficient (Wildman–Crippen LogP) is 2.86. The number of amides is 1. The fourth-order valence-electron chi connectivity index (χ4n) is 2.88. The summed E-state index contributed by atoms with van der Waals surface area (Å²) in [5.41, 5.74) is 1.86. The van der Waals surface area contributed by atoms with Crippen LogP contribution in [0.2, 0.25) is 0 Å². The molecule has 0 saturated carbocycles. The number of furan rings is 1. The average Bonchev–Trinajstić information content (AvgIpc) is 3.03. The number of ether oxygens (including phenoxy) is 1. The van der Waals surface area contributed by atoms with E-state index in [0.29, 0.717) is 0 Å². The first-order chi connectivity index (χ1) is 10.6. The summed E-state index contributed by atoms with van der Waals surface area (Å²) in [7, 11) is 0. The molecule has 0 radical (unpaired) electrons. The Hall–Kier alpha value is -2.56. The molecule has 1 fully saturated rings. The molecule has 1 aromatic carbocycles. The first-order valence-electron chi connectivity index (χ1n) is 7.16. The molecule has 3 unspecified atom stereocenters. The van der Waals surface area contributed by atoms with Gasteiger partial charge in [0.25, 0.3) is 5.91 Å². The molecule has 1 aliphatic rings. The third kappa shape index (κ3) is 2.39. The van der Waals surface area contributed by atoms with Crippen molar-refractivity contribution in [2.75, 3.05) is 0 Å². The van der Waals surface area contributed by atoms with Gasteiger partial charge in [-0.15, -0.1) is 0 Å². The summed E-state index contributed by atoms with van der Waals surface area (Å²) in [5, 5.41) is 0. The second kappa shape index (κ2) is 5.67. The molecule has 1 aliphatic heterocycles. The van der Waals surface area contributed by atoms with Crippen LogP contribution in [0.5, 0.6) is 0 Å². The van der Waals surface area contributed by atoms with Crippen LogP contribution >= 0.6 is 0 Å². The molecule has 1 aromatic heterocycles. The van der Waals surface area contributed by atoms with Gasteiger partial charge in [-0.05, 0) is 18.6 Å². The van der Waals surface area contributed by atoms with Gasteiger partial charge in [0.1, 0.15) is 6.04 Å². The Morgan fingerprint density at radius 3 is 2.59 bits per heavy atom. The van der Waals surface area contributed by atoms with Crippen molar-refractivity contribution in [1.82, 2.24) is 4.90 Å². The third-order valence-electron chi connectivity index (χ3n) is 3.96. The van der Waals surface area contributed by atoms with Crippen LogP contribution in [0, 0.1) is 0 Å². The molecule has 22 heavy (non-hydrogen) atoms. The molecule has 5 heteroatoms. The lowest BCUT2D eigenvalue weighted by molar-refractivity contribution is -0.186. The van der Waals surface area contributed by atoms with Crippen LogP contribution in [0.4, 0.5) is 0 Å². The maximum Gasteiger partial charge on any atom is 0.303 e. The Bertz CT molecular complexity index is 665. The lowest BCUT2D eigenvalue weighted by atomic mass is 9.88. The van der Waals surface area contributed by atoms with Crippen molar-refractivity contribution in [2.24, 2.45) is 0 Å². The number of hydrogen-bond donors (Lipinski definition) is 0. The molecule has 1 saturated heterocycles. The molecule has 0 bridgehead atoms. The molecule has 2 aromatic rings. The quantitative estimate of drug-likeness (QED) is 0.643. The zero-order valence-corrected chi connectivity index (χ0v) is 12.4. The molecular formula is C17H17NO4. The molecular weight excluding hydrogens is 282 g/mol. The number of rotatable bonds is 4. The van der Waals surface area contributed by atoms with Gasteiger partial charge >= 0.3 is 5.97 Å². The van der Waals surface area contributed by atoms with E-state index in [-0.39, 0.29) is 18.0 Å². The van der Waals surface area contributed by atoms with Gasteiger partial charge in [0.05, 0.1) is 18.6 Å². The zero-order chi connectivity index (χ0) is 15.7. The summed E-state index contributed by atoms with van der Waals surface area (Å²) >= 11 is 0. The summed E-state index contributed by atoms with van der Waals surface area (Å²) in [6, 6.07) is 11.1. The fourth-order valence-corrected chi connectivity index (χ4v) is 2.88. The van der Waals surface area contributed by atoms with Crippen LogP contribution in [-0.2, 0) is 14.3 Å². The van der Waals surface area contributed by atoms with Gasteiger partial charge in [-0.3, -0.25) is 9.59 Å². The molecule has 0 aliphatic carbocycles. The number of esters is 1.